The minimum absolute atomic E-state index is 0.0612. The molecule has 0 saturated carbocycles. The van der Waals surface area contributed by atoms with Crippen LogP contribution in [0.15, 0.2) is 18.2 Å². The van der Waals surface area contributed by atoms with E-state index in [1.807, 2.05) is 0 Å². The van der Waals surface area contributed by atoms with Crippen LogP contribution in [0.3, 0.4) is 0 Å². The van der Waals surface area contributed by atoms with Gasteiger partial charge in [0, 0.05) is 11.6 Å². The van der Waals surface area contributed by atoms with Crippen LogP contribution in [-0.2, 0) is 6.42 Å². The summed E-state index contributed by atoms with van der Waals surface area (Å²) in [5, 5.41) is 19.2. The lowest BCUT2D eigenvalue weighted by Gasteiger charge is -2.00. The largest absolute Gasteiger partial charge is 0.478 e. The minimum Gasteiger partial charge on any atom is -0.478 e. The highest BCUT2D eigenvalue weighted by atomic mass is 16.6. The number of carboxylic acids is 1. The molecule has 0 aliphatic rings. The number of carboxylic acid groups (broad SMARTS) is 1. The summed E-state index contributed by atoms with van der Waals surface area (Å²) in [4.78, 5) is 20.6. The number of carbonyl (C=O) groups is 1. The van der Waals surface area contributed by atoms with Crippen molar-refractivity contribution in [2.75, 3.05) is 0 Å². The molecule has 0 unspecified atom stereocenters. The first-order valence-electron chi connectivity index (χ1n) is 4.07. The molecule has 74 valence electrons. The highest BCUT2D eigenvalue weighted by molar-refractivity contribution is 5.88. The molecule has 0 amide bonds. The molecular formula is C9H9NO4. The van der Waals surface area contributed by atoms with Gasteiger partial charge in [0.2, 0.25) is 0 Å². The Labute approximate surface area is 80.1 Å². The maximum atomic E-state index is 10.6. The number of hydrogen-bond acceptors (Lipinski definition) is 3. The highest BCUT2D eigenvalue weighted by Crippen LogP contribution is 2.20. The smallest absolute Gasteiger partial charge is 0.335 e. The number of benzene rings is 1. The molecule has 5 nitrogen and oxygen atoms in total. The molecule has 0 aliphatic heterocycles. The van der Waals surface area contributed by atoms with Gasteiger partial charge in [-0.25, -0.2) is 4.79 Å². The van der Waals surface area contributed by atoms with E-state index in [2.05, 4.69) is 0 Å². The van der Waals surface area contributed by atoms with Crippen LogP contribution in [0.1, 0.15) is 22.8 Å². The minimum atomic E-state index is -1.16. The fourth-order valence-electron chi connectivity index (χ4n) is 1.17. The Morgan fingerprint density at radius 3 is 2.64 bits per heavy atom. The van der Waals surface area contributed by atoms with Crippen molar-refractivity contribution in [1.82, 2.24) is 0 Å². The maximum Gasteiger partial charge on any atom is 0.335 e. The fraction of sp³-hybridized carbons (Fsp3) is 0.222. The second-order valence-corrected chi connectivity index (χ2v) is 2.76. The van der Waals surface area contributed by atoms with Gasteiger partial charge in [-0.1, -0.05) is 13.0 Å². The summed E-state index contributed by atoms with van der Waals surface area (Å²) in [5.74, 6) is -1.16. The van der Waals surface area contributed by atoms with Gasteiger partial charge in [-0.15, -0.1) is 0 Å². The molecule has 5 heteroatoms. The molecule has 1 aromatic rings. The van der Waals surface area contributed by atoms with E-state index in [1.54, 1.807) is 6.92 Å². The lowest BCUT2D eigenvalue weighted by atomic mass is 10.1. The second kappa shape index (κ2) is 3.87. The standard InChI is InChI=1S/C9H9NO4/c1-2-6-3-4-7(9(11)12)5-8(6)10(13)14/h3-5H,2H2,1H3,(H,11,12). The zero-order valence-electron chi connectivity index (χ0n) is 7.56. The number of aryl methyl sites for hydroxylation is 1. The number of hydrogen-bond donors (Lipinski definition) is 1. The van der Waals surface area contributed by atoms with Crippen LogP contribution in [0.2, 0.25) is 0 Å². The normalized spacial score (nSPS) is 9.79. The average molecular weight is 195 g/mol. The molecule has 0 saturated heterocycles. The van der Waals surface area contributed by atoms with Crippen molar-refractivity contribution in [2.24, 2.45) is 0 Å². The fourth-order valence-corrected chi connectivity index (χ4v) is 1.17. The molecule has 0 bridgehead atoms. The number of nitro benzene ring substituents is 1. The van der Waals surface area contributed by atoms with Crippen molar-refractivity contribution in [1.29, 1.82) is 0 Å². The predicted molar refractivity (Wildman–Crippen MR) is 49.4 cm³/mol. The molecule has 1 N–H and O–H groups in total. The van der Waals surface area contributed by atoms with E-state index in [1.165, 1.54) is 12.1 Å². The van der Waals surface area contributed by atoms with Gasteiger partial charge in [0.15, 0.2) is 0 Å². The Bertz CT molecular complexity index is 386. The van der Waals surface area contributed by atoms with E-state index < -0.39 is 10.9 Å². The van der Waals surface area contributed by atoms with Crippen LogP contribution in [-0.4, -0.2) is 16.0 Å². The van der Waals surface area contributed by atoms with Crippen LogP contribution in [0.4, 0.5) is 5.69 Å². The van der Waals surface area contributed by atoms with Crippen LogP contribution in [0, 0.1) is 10.1 Å². The molecule has 0 heterocycles. The zero-order valence-corrected chi connectivity index (χ0v) is 7.56. The Kier molecular flexibility index (Phi) is 2.81. The van der Waals surface area contributed by atoms with Crippen LogP contribution in [0.25, 0.3) is 0 Å². The van der Waals surface area contributed by atoms with Gasteiger partial charge in [0.05, 0.1) is 10.5 Å². The van der Waals surface area contributed by atoms with Gasteiger partial charge in [0.25, 0.3) is 5.69 Å². The Hall–Kier alpha value is -1.91. The number of aromatic carboxylic acids is 1. The highest BCUT2D eigenvalue weighted by Gasteiger charge is 2.15. The number of rotatable bonds is 3. The van der Waals surface area contributed by atoms with Crippen molar-refractivity contribution in [3.63, 3.8) is 0 Å². The van der Waals surface area contributed by atoms with E-state index in [0.717, 1.165) is 6.07 Å². The van der Waals surface area contributed by atoms with Gasteiger partial charge in [-0.3, -0.25) is 10.1 Å². The summed E-state index contributed by atoms with van der Waals surface area (Å²) >= 11 is 0. The molecule has 0 spiro atoms. The molecule has 0 radical (unpaired) electrons. The quantitative estimate of drug-likeness (QED) is 0.589. The van der Waals surface area contributed by atoms with E-state index in [4.69, 9.17) is 5.11 Å². The summed E-state index contributed by atoms with van der Waals surface area (Å²) in [5.41, 5.74) is 0.348. The van der Waals surface area contributed by atoms with Crippen LogP contribution in [0.5, 0.6) is 0 Å². The first-order chi connectivity index (χ1) is 6.56. The third-order valence-electron chi connectivity index (χ3n) is 1.91. The third kappa shape index (κ3) is 1.87. The predicted octanol–water partition coefficient (Wildman–Crippen LogP) is 1.86. The Morgan fingerprint density at radius 1 is 1.57 bits per heavy atom. The summed E-state index contributed by atoms with van der Waals surface area (Å²) < 4.78 is 0. The third-order valence-corrected chi connectivity index (χ3v) is 1.91. The molecular weight excluding hydrogens is 186 g/mol. The van der Waals surface area contributed by atoms with E-state index >= 15 is 0 Å². The molecule has 1 rings (SSSR count). The van der Waals surface area contributed by atoms with E-state index in [0.29, 0.717) is 12.0 Å². The van der Waals surface area contributed by atoms with Crippen LogP contribution >= 0.6 is 0 Å². The van der Waals surface area contributed by atoms with Crippen molar-refractivity contribution >= 4 is 11.7 Å². The molecule has 0 aromatic heterocycles. The van der Waals surface area contributed by atoms with Gasteiger partial charge in [0.1, 0.15) is 0 Å². The van der Waals surface area contributed by atoms with Crippen molar-refractivity contribution in [3.8, 4) is 0 Å². The Balaban J connectivity index is 3.27. The monoisotopic (exact) mass is 195 g/mol. The average Bonchev–Trinajstić information content (AvgIpc) is 2.16. The van der Waals surface area contributed by atoms with Crippen LogP contribution < -0.4 is 0 Å². The molecule has 0 atom stereocenters. The van der Waals surface area contributed by atoms with E-state index in [9.17, 15) is 14.9 Å². The van der Waals surface area contributed by atoms with Crippen molar-refractivity contribution in [3.05, 3.63) is 39.4 Å². The second-order valence-electron chi connectivity index (χ2n) is 2.76. The summed E-state index contributed by atoms with van der Waals surface area (Å²) in [6, 6.07) is 3.93. The van der Waals surface area contributed by atoms with Gasteiger partial charge in [-0.2, -0.15) is 0 Å². The number of nitro groups is 1. The molecule has 0 aliphatic carbocycles. The maximum absolute atomic E-state index is 10.6. The van der Waals surface area contributed by atoms with Gasteiger partial charge >= 0.3 is 5.97 Å². The van der Waals surface area contributed by atoms with Crippen molar-refractivity contribution in [2.45, 2.75) is 13.3 Å². The first-order valence-corrected chi connectivity index (χ1v) is 4.07. The van der Waals surface area contributed by atoms with Gasteiger partial charge in [-0.05, 0) is 12.5 Å². The van der Waals surface area contributed by atoms with Gasteiger partial charge < -0.3 is 5.11 Å². The number of nitrogens with zero attached hydrogens (tertiary/aromatic N) is 1. The van der Waals surface area contributed by atoms with E-state index in [-0.39, 0.29) is 11.3 Å². The summed E-state index contributed by atoms with van der Waals surface area (Å²) in [7, 11) is 0. The molecule has 0 fully saturated rings. The molecule has 1 aromatic carbocycles. The zero-order chi connectivity index (χ0) is 10.7. The lowest BCUT2D eigenvalue weighted by Crippen LogP contribution is -2.00. The summed E-state index contributed by atoms with van der Waals surface area (Å²) in [6.45, 7) is 1.78. The summed E-state index contributed by atoms with van der Waals surface area (Å²) in [6.07, 6.45) is 0.510. The topological polar surface area (TPSA) is 80.4 Å². The molecule has 14 heavy (non-hydrogen) atoms. The lowest BCUT2D eigenvalue weighted by molar-refractivity contribution is -0.385. The Morgan fingerprint density at radius 2 is 2.21 bits per heavy atom. The first kappa shape index (κ1) is 10.2. The SMILES string of the molecule is CCc1ccc(C(=O)O)cc1[N+](=O)[O-]. The van der Waals surface area contributed by atoms with Crippen molar-refractivity contribution < 1.29 is 14.8 Å².